The molecule has 0 saturated heterocycles. The zero-order valence-corrected chi connectivity index (χ0v) is 16.5. The van der Waals surface area contributed by atoms with E-state index in [1.54, 1.807) is 24.8 Å². The molecule has 150 valence electrons. The summed E-state index contributed by atoms with van der Waals surface area (Å²) >= 11 is 0. The SMILES string of the molecule is CN/N=C(\N)c1cc2c(cc1OC)CCn1c(C(=O)O)cc(C(C)(C)CO)c1-2. The lowest BCUT2D eigenvalue weighted by molar-refractivity contribution is 0.0685. The van der Waals surface area contributed by atoms with Gasteiger partial charge in [-0.25, -0.2) is 4.79 Å². The summed E-state index contributed by atoms with van der Waals surface area (Å²) in [6.45, 7) is 4.22. The van der Waals surface area contributed by atoms with Crippen LogP contribution in [0.4, 0.5) is 0 Å². The van der Waals surface area contributed by atoms with Crippen molar-refractivity contribution in [3.63, 3.8) is 0 Å². The number of carboxylic acid groups (broad SMARTS) is 1. The molecule has 0 unspecified atom stereocenters. The van der Waals surface area contributed by atoms with Gasteiger partial charge in [-0.3, -0.25) is 0 Å². The highest BCUT2D eigenvalue weighted by Crippen LogP contribution is 2.42. The van der Waals surface area contributed by atoms with Crippen molar-refractivity contribution in [2.45, 2.75) is 32.2 Å². The summed E-state index contributed by atoms with van der Waals surface area (Å²) in [6.07, 6.45) is 0.663. The van der Waals surface area contributed by atoms with Gasteiger partial charge < -0.3 is 30.7 Å². The Morgan fingerprint density at radius 1 is 1.39 bits per heavy atom. The van der Waals surface area contributed by atoms with Gasteiger partial charge in [0.05, 0.1) is 25.0 Å². The van der Waals surface area contributed by atoms with Gasteiger partial charge in [-0.05, 0) is 35.7 Å². The largest absolute Gasteiger partial charge is 0.496 e. The number of aromatic nitrogens is 1. The van der Waals surface area contributed by atoms with E-state index in [4.69, 9.17) is 10.5 Å². The van der Waals surface area contributed by atoms with Gasteiger partial charge in [0.15, 0.2) is 5.84 Å². The van der Waals surface area contributed by atoms with E-state index in [0.717, 1.165) is 22.4 Å². The average molecular weight is 386 g/mol. The van der Waals surface area contributed by atoms with Crippen LogP contribution in [0.2, 0.25) is 0 Å². The van der Waals surface area contributed by atoms with Crippen LogP contribution >= 0.6 is 0 Å². The maximum absolute atomic E-state index is 11.8. The Bertz CT molecular complexity index is 960. The molecule has 3 rings (SSSR count). The molecule has 8 nitrogen and oxygen atoms in total. The number of aromatic carboxylic acids is 1. The smallest absolute Gasteiger partial charge is 0.352 e. The molecule has 1 aliphatic rings. The second kappa shape index (κ2) is 7.20. The van der Waals surface area contributed by atoms with Gasteiger partial charge in [-0.15, -0.1) is 0 Å². The van der Waals surface area contributed by atoms with Gasteiger partial charge in [0.1, 0.15) is 11.4 Å². The Balaban J connectivity index is 2.34. The highest BCUT2D eigenvalue weighted by atomic mass is 16.5. The Labute approximate surface area is 163 Å². The molecule has 1 aromatic heterocycles. The molecule has 5 N–H and O–H groups in total. The summed E-state index contributed by atoms with van der Waals surface area (Å²) in [6, 6.07) is 5.48. The minimum Gasteiger partial charge on any atom is -0.496 e. The molecule has 0 spiro atoms. The van der Waals surface area contributed by atoms with E-state index in [1.807, 2.05) is 26.0 Å². The maximum Gasteiger partial charge on any atom is 0.352 e. The number of amidine groups is 1. The van der Waals surface area contributed by atoms with Crippen molar-refractivity contribution >= 4 is 11.8 Å². The molecule has 0 amide bonds. The minimum atomic E-state index is -0.991. The Hall–Kier alpha value is -3.00. The number of hydrogen-bond acceptors (Lipinski definition) is 5. The number of hydrazone groups is 1. The number of fused-ring (bicyclic) bond motifs is 3. The van der Waals surface area contributed by atoms with Crippen molar-refractivity contribution in [2.24, 2.45) is 10.8 Å². The lowest BCUT2D eigenvalue weighted by Crippen LogP contribution is -2.24. The van der Waals surface area contributed by atoms with E-state index in [2.05, 4.69) is 10.5 Å². The first kappa shape index (κ1) is 19.8. The van der Waals surface area contributed by atoms with Crippen molar-refractivity contribution in [1.82, 2.24) is 9.99 Å². The first-order chi connectivity index (χ1) is 13.2. The predicted molar refractivity (Wildman–Crippen MR) is 107 cm³/mol. The van der Waals surface area contributed by atoms with Gasteiger partial charge in [-0.1, -0.05) is 13.8 Å². The molecule has 1 aromatic carbocycles. The molecule has 0 atom stereocenters. The fourth-order valence-corrected chi connectivity index (χ4v) is 3.68. The number of aryl methyl sites for hydroxylation is 1. The van der Waals surface area contributed by atoms with Crippen molar-refractivity contribution in [1.29, 1.82) is 0 Å². The minimum absolute atomic E-state index is 0.106. The summed E-state index contributed by atoms with van der Waals surface area (Å²) in [5, 5.41) is 23.7. The molecule has 2 heterocycles. The van der Waals surface area contributed by atoms with Gasteiger partial charge in [0.2, 0.25) is 0 Å². The number of carbonyl (C=O) groups is 1. The normalized spacial score (nSPS) is 13.7. The summed E-state index contributed by atoms with van der Waals surface area (Å²) < 4.78 is 7.30. The number of carboxylic acids is 1. The molecule has 2 aromatic rings. The van der Waals surface area contributed by atoms with Gasteiger partial charge in [0.25, 0.3) is 0 Å². The van der Waals surface area contributed by atoms with Crippen LogP contribution in [0.3, 0.4) is 0 Å². The van der Waals surface area contributed by atoms with Crippen LogP contribution in [0.15, 0.2) is 23.3 Å². The third-order valence-electron chi connectivity index (χ3n) is 5.23. The number of hydrogen-bond donors (Lipinski definition) is 4. The maximum atomic E-state index is 11.8. The first-order valence-electron chi connectivity index (χ1n) is 9.04. The standard InChI is InChI=1S/C20H26N4O4/c1-20(2,10-25)14-9-15(19(26)27)24-6-5-11-7-16(28-4)13(18(21)23-22-3)8-12(11)17(14)24/h7-9,22,25H,5-6,10H2,1-4H3,(H2,21,23)(H,26,27). The number of benzene rings is 1. The number of nitrogens with zero attached hydrogens (tertiary/aromatic N) is 2. The Kier molecular flexibility index (Phi) is 5.08. The zero-order chi connectivity index (χ0) is 20.6. The van der Waals surface area contributed by atoms with Crippen molar-refractivity contribution < 1.29 is 19.7 Å². The van der Waals surface area contributed by atoms with Crippen LogP contribution in [0.1, 0.15) is 41.0 Å². The predicted octanol–water partition coefficient (Wildman–Crippen LogP) is 1.53. The average Bonchev–Trinajstić information content (AvgIpc) is 3.08. The van der Waals surface area contributed by atoms with Crippen molar-refractivity contribution in [3.8, 4) is 17.0 Å². The molecule has 0 radical (unpaired) electrons. The lowest BCUT2D eigenvalue weighted by Gasteiger charge is -2.28. The Morgan fingerprint density at radius 2 is 2.11 bits per heavy atom. The monoisotopic (exact) mass is 386 g/mol. The molecule has 0 fully saturated rings. The van der Waals surface area contributed by atoms with Crippen LogP contribution in [0.5, 0.6) is 5.75 Å². The third kappa shape index (κ3) is 3.09. The van der Waals surface area contributed by atoms with E-state index in [9.17, 15) is 15.0 Å². The highest BCUT2D eigenvalue weighted by molar-refractivity contribution is 6.01. The number of aliphatic hydroxyl groups is 1. The second-order valence-corrected chi connectivity index (χ2v) is 7.47. The van der Waals surface area contributed by atoms with Crippen LogP contribution in [0.25, 0.3) is 11.3 Å². The molecular weight excluding hydrogens is 360 g/mol. The topological polar surface area (TPSA) is 122 Å². The molecule has 0 aliphatic carbocycles. The molecular formula is C20H26N4O4. The summed E-state index contributed by atoms with van der Waals surface area (Å²) in [7, 11) is 3.23. The fraction of sp³-hybridized carbons (Fsp3) is 0.400. The van der Waals surface area contributed by atoms with Gasteiger partial charge >= 0.3 is 5.97 Å². The Morgan fingerprint density at radius 3 is 2.68 bits per heavy atom. The number of aliphatic hydroxyl groups excluding tert-OH is 1. The zero-order valence-electron chi connectivity index (χ0n) is 16.5. The number of rotatable bonds is 6. The number of nitrogens with one attached hydrogen (secondary N) is 1. The third-order valence-corrected chi connectivity index (χ3v) is 5.23. The lowest BCUT2D eigenvalue weighted by atomic mass is 9.82. The molecule has 1 aliphatic heterocycles. The number of ether oxygens (including phenoxy) is 1. The molecule has 28 heavy (non-hydrogen) atoms. The van der Waals surface area contributed by atoms with Gasteiger partial charge in [-0.2, -0.15) is 5.10 Å². The van der Waals surface area contributed by atoms with Crippen LogP contribution in [0, 0.1) is 0 Å². The quantitative estimate of drug-likeness (QED) is 0.339. The van der Waals surface area contributed by atoms with Crippen LogP contribution < -0.4 is 15.9 Å². The van der Waals surface area contributed by atoms with E-state index >= 15 is 0 Å². The molecule has 0 saturated carbocycles. The highest BCUT2D eigenvalue weighted by Gasteiger charge is 2.33. The van der Waals surface area contributed by atoms with E-state index in [-0.39, 0.29) is 18.1 Å². The first-order valence-corrected chi connectivity index (χ1v) is 9.04. The van der Waals surface area contributed by atoms with E-state index in [1.165, 1.54) is 0 Å². The summed E-state index contributed by atoms with van der Waals surface area (Å²) in [4.78, 5) is 11.8. The summed E-state index contributed by atoms with van der Waals surface area (Å²) in [5.74, 6) is -0.112. The van der Waals surface area contributed by atoms with Crippen LogP contribution in [-0.2, 0) is 18.4 Å². The van der Waals surface area contributed by atoms with Gasteiger partial charge in [0, 0.05) is 24.6 Å². The number of methoxy groups -OCH3 is 1. The van der Waals surface area contributed by atoms with Crippen molar-refractivity contribution in [3.05, 3.63) is 40.6 Å². The van der Waals surface area contributed by atoms with Crippen molar-refractivity contribution in [2.75, 3.05) is 20.8 Å². The number of nitrogens with two attached hydrogens (primary N) is 1. The van der Waals surface area contributed by atoms with E-state index < -0.39 is 11.4 Å². The van der Waals surface area contributed by atoms with Crippen LogP contribution in [-0.4, -0.2) is 47.3 Å². The fourth-order valence-electron chi connectivity index (χ4n) is 3.68. The summed E-state index contributed by atoms with van der Waals surface area (Å²) in [5.41, 5.74) is 12.5. The molecule has 8 heteroatoms. The second-order valence-electron chi connectivity index (χ2n) is 7.47. The van der Waals surface area contributed by atoms with E-state index in [0.29, 0.717) is 24.3 Å². The molecule has 0 bridgehead atoms.